The van der Waals surface area contributed by atoms with E-state index in [-0.39, 0.29) is 17.9 Å². The van der Waals surface area contributed by atoms with E-state index in [0.717, 1.165) is 22.5 Å². The zero-order valence-corrected chi connectivity index (χ0v) is 18.0. The van der Waals surface area contributed by atoms with E-state index in [9.17, 15) is 9.59 Å². The molecule has 0 radical (unpaired) electrons. The highest BCUT2D eigenvalue weighted by Crippen LogP contribution is 2.19. The molecule has 0 unspecified atom stereocenters. The van der Waals surface area contributed by atoms with Gasteiger partial charge in [0.25, 0.3) is 0 Å². The summed E-state index contributed by atoms with van der Waals surface area (Å²) in [4.78, 5) is 26.6. The summed E-state index contributed by atoms with van der Waals surface area (Å²) >= 11 is 5.28. The second-order valence-corrected chi connectivity index (χ2v) is 7.78. The first kappa shape index (κ1) is 21.6. The number of amides is 3. The fourth-order valence-electron chi connectivity index (χ4n) is 3.33. The van der Waals surface area contributed by atoms with Gasteiger partial charge < -0.3 is 15.5 Å². The fraction of sp³-hybridized carbons (Fsp3) is 0.318. The molecule has 0 bridgehead atoms. The van der Waals surface area contributed by atoms with Crippen LogP contribution in [0.1, 0.15) is 24.0 Å². The molecule has 1 aliphatic rings. The van der Waals surface area contributed by atoms with E-state index in [1.54, 1.807) is 4.90 Å². The smallest absolute Gasteiger partial charge is 0.321 e. The SMILES string of the molecule is Cc1cccc(NC(=S)NNC(=O)C2CCN(C(=O)Nc3ccccc3)CC2)c1C. The number of anilines is 2. The van der Waals surface area contributed by atoms with E-state index >= 15 is 0 Å². The molecule has 158 valence electrons. The summed E-state index contributed by atoms with van der Waals surface area (Å²) in [5.74, 6) is -0.287. The number of piperidine rings is 1. The summed E-state index contributed by atoms with van der Waals surface area (Å²) in [5.41, 5.74) is 9.38. The van der Waals surface area contributed by atoms with Gasteiger partial charge >= 0.3 is 6.03 Å². The number of nitrogens with one attached hydrogen (secondary N) is 4. The number of benzene rings is 2. The van der Waals surface area contributed by atoms with Crippen LogP contribution in [0.25, 0.3) is 0 Å². The fourth-order valence-corrected chi connectivity index (χ4v) is 3.49. The Hall–Kier alpha value is -3.13. The van der Waals surface area contributed by atoms with Gasteiger partial charge in [-0.15, -0.1) is 0 Å². The maximum atomic E-state index is 12.5. The summed E-state index contributed by atoms with van der Waals surface area (Å²) in [5, 5.41) is 6.31. The van der Waals surface area contributed by atoms with E-state index in [1.165, 1.54) is 0 Å². The van der Waals surface area contributed by atoms with Gasteiger partial charge in [-0.2, -0.15) is 0 Å². The molecule has 8 heteroatoms. The van der Waals surface area contributed by atoms with Gasteiger partial charge in [0.2, 0.25) is 5.91 Å². The molecule has 3 amide bonds. The molecule has 30 heavy (non-hydrogen) atoms. The molecule has 0 aromatic heterocycles. The lowest BCUT2D eigenvalue weighted by Gasteiger charge is -2.31. The molecular weight excluding hydrogens is 398 g/mol. The van der Waals surface area contributed by atoms with Crippen molar-refractivity contribution >= 4 is 40.6 Å². The van der Waals surface area contributed by atoms with Gasteiger partial charge in [0, 0.05) is 30.4 Å². The molecule has 1 fully saturated rings. The number of nitrogens with zero attached hydrogens (tertiary/aromatic N) is 1. The first-order valence-electron chi connectivity index (χ1n) is 9.98. The van der Waals surface area contributed by atoms with E-state index < -0.39 is 0 Å². The van der Waals surface area contributed by atoms with Crippen molar-refractivity contribution in [3.05, 3.63) is 59.7 Å². The average Bonchev–Trinajstić information content (AvgIpc) is 2.76. The lowest BCUT2D eigenvalue weighted by Crippen LogP contribution is -2.49. The number of carbonyl (C=O) groups excluding carboxylic acids is 2. The molecule has 0 aliphatic carbocycles. The Bertz CT molecular complexity index is 911. The largest absolute Gasteiger partial charge is 0.331 e. The Kier molecular flexibility index (Phi) is 7.24. The van der Waals surface area contributed by atoms with Crippen LogP contribution in [0.3, 0.4) is 0 Å². The highest BCUT2D eigenvalue weighted by atomic mass is 32.1. The Balaban J connectivity index is 1.41. The maximum Gasteiger partial charge on any atom is 0.321 e. The number of hydrogen-bond acceptors (Lipinski definition) is 3. The first-order chi connectivity index (χ1) is 14.4. The maximum absolute atomic E-state index is 12.5. The van der Waals surface area contributed by atoms with Crippen molar-refractivity contribution in [2.24, 2.45) is 5.92 Å². The van der Waals surface area contributed by atoms with Crippen molar-refractivity contribution in [3.8, 4) is 0 Å². The number of urea groups is 1. The van der Waals surface area contributed by atoms with Crippen LogP contribution in [0.4, 0.5) is 16.2 Å². The van der Waals surface area contributed by atoms with E-state index in [1.807, 2.05) is 62.4 Å². The van der Waals surface area contributed by atoms with Crippen molar-refractivity contribution in [1.82, 2.24) is 15.8 Å². The molecule has 2 aromatic carbocycles. The van der Waals surface area contributed by atoms with Gasteiger partial charge in [-0.1, -0.05) is 30.3 Å². The van der Waals surface area contributed by atoms with Crippen LogP contribution in [0.5, 0.6) is 0 Å². The van der Waals surface area contributed by atoms with Gasteiger partial charge in [-0.3, -0.25) is 15.6 Å². The lowest BCUT2D eigenvalue weighted by atomic mass is 9.96. The van der Waals surface area contributed by atoms with Crippen LogP contribution in [-0.4, -0.2) is 35.0 Å². The summed E-state index contributed by atoms with van der Waals surface area (Å²) in [6, 6.07) is 15.1. The Morgan fingerprint density at radius 1 is 0.933 bits per heavy atom. The van der Waals surface area contributed by atoms with Crippen LogP contribution in [0.15, 0.2) is 48.5 Å². The Morgan fingerprint density at radius 2 is 1.63 bits per heavy atom. The number of thiocarbonyl (C=S) groups is 1. The van der Waals surface area contributed by atoms with Gasteiger partial charge in [0.15, 0.2) is 5.11 Å². The van der Waals surface area contributed by atoms with Crippen molar-refractivity contribution in [2.45, 2.75) is 26.7 Å². The van der Waals surface area contributed by atoms with Crippen molar-refractivity contribution < 1.29 is 9.59 Å². The normalized spacial score (nSPS) is 14.0. The van der Waals surface area contributed by atoms with Gasteiger partial charge in [0.05, 0.1) is 0 Å². The predicted octanol–water partition coefficient (Wildman–Crippen LogP) is 3.57. The Morgan fingerprint density at radius 3 is 2.33 bits per heavy atom. The molecule has 0 saturated carbocycles. The monoisotopic (exact) mass is 425 g/mol. The molecule has 7 nitrogen and oxygen atoms in total. The predicted molar refractivity (Wildman–Crippen MR) is 123 cm³/mol. The number of aryl methyl sites for hydroxylation is 1. The molecular formula is C22H27N5O2S. The van der Waals surface area contributed by atoms with Crippen LogP contribution < -0.4 is 21.5 Å². The van der Waals surface area contributed by atoms with Crippen LogP contribution in [-0.2, 0) is 4.79 Å². The van der Waals surface area contributed by atoms with E-state index in [2.05, 4.69) is 21.5 Å². The third kappa shape index (κ3) is 5.70. The second kappa shape index (κ2) is 10.1. The van der Waals surface area contributed by atoms with Crippen molar-refractivity contribution in [1.29, 1.82) is 0 Å². The molecule has 1 saturated heterocycles. The first-order valence-corrected chi connectivity index (χ1v) is 10.4. The van der Waals surface area contributed by atoms with Gasteiger partial charge in [-0.05, 0) is 68.2 Å². The molecule has 1 aliphatic heterocycles. The number of hydrazine groups is 1. The molecule has 3 rings (SSSR count). The topological polar surface area (TPSA) is 85.5 Å². The quantitative estimate of drug-likeness (QED) is 0.446. The third-order valence-corrected chi connectivity index (χ3v) is 5.53. The molecule has 1 heterocycles. The van der Waals surface area contributed by atoms with Crippen molar-refractivity contribution in [2.75, 3.05) is 23.7 Å². The number of likely N-dealkylation sites (tertiary alicyclic amines) is 1. The van der Waals surface area contributed by atoms with Crippen molar-refractivity contribution in [3.63, 3.8) is 0 Å². The molecule has 2 aromatic rings. The summed E-state index contributed by atoms with van der Waals surface area (Å²) in [7, 11) is 0. The van der Waals surface area contributed by atoms with E-state index in [0.29, 0.717) is 31.0 Å². The average molecular weight is 426 g/mol. The van der Waals surface area contributed by atoms with Gasteiger partial charge in [0.1, 0.15) is 0 Å². The molecule has 0 atom stereocenters. The van der Waals surface area contributed by atoms with Crippen LogP contribution in [0, 0.1) is 19.8 Å². The minimum absolute atomic E-state index is 0.122. The number of para-hydroxylation sites is 1. The zero-order valence-electron chi connectivity index (χ0n) is 17.2. The zero-order chi connectivity index (χ0) is 21.5. The summed E-state index contributed by atoms with van der Waals surface area (Å²) in [6.45, 7) is 5.11. The number of carbonyl (C=O) groups is 2. The highest BCUT2D eigenvalue weighted by molar-refractivity contribution is 7.80. The van der Waals surface area contributed by atoms with Crippen LogP contribution >= 0.6 is 12.2 Å². The number of rotatable bonds is 3. The minimum atomic E-state index is -0.165. The summed E-state index contributed by atoms with van der Waals surface area (Å²) < 4.78 is 0. The van der Waals surface area contributed by atoms with Crippen LogP contribution in [0.2, 0.25) is 0 Å². The lowest BCUT2D eigenvalue weighted by molar-refractivity contribution is -0.126. The third-order valence-electron chi connectivity index (χ3n) is 5.33. The van der Waals surface area contributed by atoms with Gasteiger partial charge in [-0.25, -0.2) is 4.79 Å². The molecule has 0 spiro atoms. The van der Waals surface area contributed by atoms with E-state index in [4.69, 9.17) is 12.2 Å². The second-order valence-electron chi connectivity index (χ2n) is 7.37. The standard InChI is InChI=1S/C22H27N5O2S/c1-15-7-6-10-19(16(15)2)24-21(30)26-25-20(28)17-11-13-27(14-12-17)22(29)23-18-8-4-3-5-9-18/h3-10,17H,11-14H2,1-2H3,(H,23,29)(H,25,28)(H2,24,26,30). The summed E-state index contributed by atoms with van der Waals surface area (Å²) in [6.07, 6.45) is 1.21. The Labute approximate surface area is 182 Å². The highest BCUT2D eigenvalue weighted by Gasteiger charge is 2.27. The number of hydrogen-bond donors (Lipinski definition) is 4. The molecule has 4 N–H and O–H groups in total. The minimum Gasteiger partial charge on any atom is -0.331 e.